The molecule has 3 aromatic rings. The zero-order valence-electron chi connectivity index (χ0n) is 18.5. The van der Waals surface area contributed by atoms with E-state index in [2.05, 4.69) is 28.6 Å². The lowest BCUT2D eigenvalue weighted by Crippen LogP contribution is -2.19. The SMILES string of the molecule is Cc1nc(NCC2CC2)nc(NC2CCC(CO)C2)c1-c1nc2c(C3CC3)nccc2s1. The predicted octanol–water partition coefficient (Wildman–Crippen LogP) is 4.73. The maximum Gasteiger partial charge on any atom is 0.224 e. The molecule has 7 nitrogen and oxygen atoms in total. The zero-order chi connectivity index (χ0) is 21.7. The molecule has 2 atom stereocenters. The molecular weight excluding hydrogens is 420 g/mol. The van der Waals surface area contributed by atoms with Gasteiger partial charge in [-0.25, -0.2) is 9.97 Å². The van der Waals surface area contributed by atoms with E-state index in [0.29, 0.717) is 23.8 Å². The summed E-state index contributed by atoms with van der Waals surface area (Å²) in [6.07, 6.45) is 10.0. The smallest absolute Gasteiger partial charge is 0.224 e. The number of pyridine rings is 1. The van der Waals surface area contributed by atoms with Gasteiger partial charge in [0.05, 0.1) is 21.7 Å². The van der Waals surface area contributed by atoms with Crippen LogP contribution in [-0.2, 0) is 0 Å². The number of rotatable bonds is 8. The van der Waals surface area contributed by atoms with Crippen LogP contribution in [0.4, 0.5) is 11.8 Å². The van der Waals surface area contributed by atoms with Crippen molar-refractivity contribution in [1.29, 1.82) is 0 Å². The molecule has 0 aromatic carbocycles. The van der Waals surface area contributed by atoms with Crippen LogP contribution in [0.1, 0.15) is 62.3 Å². The van der Waals surface area contributed by atoms with Gasteiger partial charge in [0.1, 0.15) is 16.3 Å². The molecule has 0 bridgehead atoms. The summed E-state index contributed by atoms with van der Waals surface area (Å²) in [5, 5.41) is 17.7. The molecule has 0 aliphatic heterocycles. The predicted molar refractivity (Wildman–Crippen MR) is 128 cm³/mol. The number of nitrogens with zero attached hydrogens (tertiary/aromatic N) is 4. The van der Waals surface area contributed by atoms with Gasteiger partial charge < -0.3 is 15.7 Å². The van der Waals surface area contributed by atoms with Crippen molar-refractivity contribution in [3.63, 3.8) is 0 Å². The Morgan fingerprint density at radius 3 is 2.66 bits per heavy atom. The molecule has 0 amide bonds. The third-order valence-corrected chi connectivity index (χ3v) is 8.03. The van der Waals surface area contributed by atoms with Crippen molar-refractivity contribution >= 4 is 33.3 Å². The van der Waals surface area contributed by atoms with Crippen LogP contribution in [0.15, 0.2) is 12.3 Å². The van der Waals surface area contributed by atoms with Crippen molar-refractivity contribution in [2.75, 3.05) is 23.8 Å². The first-order chi connectivity index (χ1) is 15.7. The standard InChI is InChI=1S/C24H30N6OS/c1-13-19(23-29-21-18(32-23)8-9-25-20(21)16-5-6-16)22(28-17-7-4-15(10-17)12-31)30-24(27-13)26-11-14-2-3-14/h8-9,14-17,31H,2-7,10-12H2,1H3,(H2,26,27,28,30). The summed E-state index contributed by atoms with van der Waals surface area (Å²) in [6.45, 7) is 3.25. The lowest BCUT2D eigenvalue weighted by molar-refractivity contribution is 0.229. The fraction of sp³-hybridized carbons (Fsp3) is 0.583. The van der Waals surface area contributed by atoms with Crippen LogP contribution in [0.25, 0.3) is 20.8 Å². The van der Waals surface area contributed by atoms with E-state index < -0.39 is 0 Å². The van der Waals surface area contributed by atoms with Crippen molar-refractivity contribution in [2.24, 2.45) is 11.8 Å². The Morgan fingerprint density at radius 1 is 1.06 bits per heavy atom. The first-order valence-electron chi connectivity index (χ1n) is 11.9. The average Bonchev–Trinajstić information content (AvgIpc) is 3.71. The second-order valence-electron chi connectivity index (χ2n) is 9.72. The van der Waals surface area contributed by atoms with E-state index >= 15 is 0 Å². The van der Waals surface area contributed by atoms with Gasteiger partial charge in [-0.3, -0.25) is 4.98 Å². The van der Waals surface area contributed by atoms with Crippen LogP contribution >= 0.6 is 11.3 Å². The Balaban J connectivity index is 1.38. The normalized spacial score (nSPS) is 23.1. The van der Waals surface area contributed by atoms with Gasteiger partial charge in [0.15, 0.2) is 0 Å². The van der Waals surface area contributed by atoms with E-state index in [1.165, 1.54) is 30.4 Å². The third kappa shape index (κ3) is 4.06. The van der Waals surface area contributed by atoms with Gasteiger partial charge in [0.25, 0.3) is 0 Å². The number of anilines is 2. The molecule has 2 unspecified atom stereocenters. The van der Waals surface area contributed by atoms with Crippen molar-refractivity contribution in [2.45, 2.75) is 63.8 Å². The van der Waals surface area contributed by atoms with Crippen LogP contribution in [0.5, 0.6) is 0 Å². The van der Waals surface area contributed by atoms with Gasteiger partial charge in [0.2, 0.25) is 5.95 Å². The minimum absolute atomic E-state index is 0.261. The number of hydrogen-bond donors (Lipinski definition) is 3. The lowest BCUT2D eigenvalue weighted by atomic mass is 10.1. The van der Waals surface area contributed by atoms with Crippen molar-refractivity contribution in [3.05, 3.63) is 23.7 Å². The summed E-state index contributed by atoms with van der Waals surface area (Å²) in [7, 11) is 0. The van der Waals surface area contributed by atoms with Crippen molar-refractivity contribution < 1.29 is 5.11 Å². The number of thiazole rings is 1. The minimum Gasteiger partial charge on any atom is -0.396 e. The zero-order valence-corrected chi connectivity index (χ0v) is 19.3. The Bertz CT molecular complexity index is 1140. The summed E-state index contributed by atoms with van der Waals surface area (Å²) in [5.41, 5.74) is 4.12. The molecule has 0 spiro atoms. The van der Waals surface area contributed by atoms with Gasteiger partial charge in [-0.2, -0.15) is 4.98 Å². The van der Waals surface area contributed by atoms with Crippen LogP contribution in [0, 0.1) is 18.8 Å². The van der Waals surface area contributed by atoms with Gasteiger partial charge in [0, 0.05) is 31.3 Å². The molecule has 6 rings (SSSR count). The minimum atomic E-state index is 0.261. The largest absolute Gasteiger partial charge is 0.396 e. The average molecular weight is 451 g/mol. The van der Waals surface area contributed by atoms with Crippen LogP contribution < -0.4 is 10.6 Å². The molecule has 168 valence electrons. The van der Waals surface area contributed by atoms with Gasteiger partial charge >= 0.3 is 0 Å². The number of aliphatic hydroxyl groups excluding tert-OH is 1. The monoisotopic (exact) mass is 450 g/mol. The number of nitrogens with one attached hydrogen (secondary N) is 2. The molecule has 8 heteroatoms. The fourth-order valence-corrected chi connectivity index (χ4v) is 5.84. The van der Waals surface area contributed by atoms with Gasteiger partial charge in [-0.05, 0) is 69.8 Å². The van der Waals surface area contributed by atoms with Crippen LogP contribution in [0.2, 0.25) is 0 Å². The Morgan fingerprint density at radius 2 is 1.91 bits per heavy atom. The van der Waals surface area contributed by atoms with Crippen LogP contribution in [0.3, 0.4) is 0 Å². The highest BCUT2D eigenvalue weighted by Gasteiger charge is 2.30. The van der Waals surface area contributed by atoms with E-state index in [-0.39, 0.29) is 6.61 Å². The van der Waals surface area contributed by atoms with E-state index in [1.807, 2.05) is 6.20 Å². The summed E-state index contributed by atoms with van der Waals surface area (Å²) in [5.74, 6) is 3.25. The summed E-state index contributed by atoms with van der Waals surface area (Å²) in [6, 6.07) is 2.38. The first-order valence-corrected chi connectivity index (χ1v) is 12.7. The second kappa shape index (κ2) is 8.23. The number of hydrogen-bond acceptors (Lipinski definition) is 8. The molecule has 0 radical (unpaired) electrons. The highest BCUT2D eigenvalue weighted by Crippen LogP contribution is 2.44. The highest BCUT2D eigenvalue weighted by molar-refractivity contribution is 7.21. The molecule has 3 saturated carbocycles. The maximum absolute atomic E-state index is 9.58. The van der Waals surface area contributed by atoms with E-state index in [9.17, 15) is 5.11 Å². The Kier molecular flexibility index (Phi) is 5.22. The number of aliphatic hydroxyl groups is 1. The summed E-state index contributed by atoms with van der Waals surface area (Å²) in [4.78, 5) is 19.4. The Hall–Kier alpha value is -2.32. The summed E-state index contributed by atoms with van der Waals surface area (Å²) < 4.78 is 1.18. The number of aryl methyl sites for hydroxylation is 1. The first kappa shape index (κ1) is 20.3. The molecule has 3 aromatic heterocycles. The van der Waals surface area contributed by atoms with Crippen LogP contribution in [-0.4, -0.2) is 44.2 Å². The van der Waals surface area contributed by atoms with Gasteiger partial charge in [-0.15, -0.1) is 11.3 Å². The molecule has 3 N–H and O–H groups in total. The quantitative estimate of drug-likeness (QED) is 0.457. The maximum atomic E-state index is 9.58. The molecule has 3 fully saturated rings. The number of fused-ring (bicyclic) bond motifs is 1. The molecule has 0 saturated heterocycles. The molecule has 3 aliphatic rings. The highest BCUT2D eigenvalue weighted by atomic mass is 32.1. The van der Waals surface area contributed by atoms with E-state index in [4.69, 9.17) is 15.0 Å². The molecular formula is C24H30N6OS. The van der Waals surface area contributed by atoms with Gasteiger partial charge in [-0.1, -0.05) is 0 Å². The molecule has 3 heterocycles. The molecule has 3 aliphatic carbocycles. The second-order valence-corrected chi connectivity index (χ2v) is 10.8. The van der Waals surface area contributed by atoms with Crippen molar-refractivity contribution in [3.8, 4) is 10.6 Å². The van der Waals surface area contributed by atoms with Crippen molar-refractivity contribution in [1.82, 2.24) is 19.9 Å². The lowest BCUT2D eigenvalue weighted by Gasteiger charge is -2.18. The Labute approximate surface area is 192 Å². The fourth-order valence-electron chi connectivity index (χ4n) is 4.77. The third-order valence-electron chi connectivity index (χ3n) is 6.99. The number of aromatic nitrogens is 4. The van der Waals surface area contributed by atoms with E-state index in [1.54, 1.807) is 11.3 Å². The topological polar surface area (TPSA) is 95.9 Å². The van der Waals surface area contributed by atoms with E-state index in [0.717, 1.165) is 65.0 Å². The molecule has 32 heavy (non-hydrogen) atoms. The summed E-state index contributed by atoms with van der Waals surface area (Å²) >= 11 is 1.70.